The number of nitrogens with zero attached hydrogens (tertiary/aromatic N) is 3. The monoisotopic (exact) mass is 384 g/mol. The third-order valence-electron chi connectivity index (χ3n) is 4.63. The Morgan fingerprint density at radius 3 is 2.88 bits per heavy atom. The fourth-order valence-electron chi connectivity index (χ4n) is 3.09. The topological polar surface area (TPSA) is 85.2 Å². The second kappa shape index (κ2) is 9.31. The van der Waals surface area contributed by atoms with Gasteiger partial charge in [-0.25, -0.2) is 0 Å². The van der Waals surface area contributed by atoms with Gasteiger partial charge in [0.2, 0.25) is 17.6 Å². The number of halogens is 1. The van der Waals surface area contributed by atoms with Crippen molar-refractivity contribution in [1.29, 1.82) is 0 Å². The van der Waals surface area contributed by atoms with Crippen LogP contribution in [0.4, 0.5) is 0 Å². The molecule has 138 valence electrons. The fourth-order valence-corrected chi connectivity index (χ4v) is 3.74. The molecule has 0 saturated carbocycles. The highest BCUT2D eigenvalue weighted by Crippen LogP contribution is 2.22. The zero-order chi connectivity index (χ0) is 16.9. The van der Waals surface area contributed by atoms with E-state index in [0.717, 1.165) is 37.2 Å². The molecule has 1 aliphatic heterocycles. The Hall–Kier alpha value is -1.44. The lowest BCUT2D eigenvalue weighted by atomic mass is 9.91. The molecule has 2 N–H and O–H groups in total. The van der Waals surface area contributed by atoms with E-state index in [1.165, 1.54) is 0 Å². The number of carbonyl (C=O) groups excluding carboxylic acids is 1. The molecule has 1 unspecified atom stereocenters. The molecule has 0 spiro atoms. The van der Waals surface area contributed by atoms with E-state index in [0.29, 0.717) is 30.5 Å². The molecule has 0 bridgehead atoms. The fraction of sp³-hybridized carbons (Fsp3) is 0.588. The summed E-state index contributed by atoms with van der Waals surface area (Å²) in [6.45, 7) is 3.71. The number of thiophene rings is 1. The predicted octanol–water partition coefficient (Wildman–Crippen LogP) is 3.13. The molecule has 1 atom stereocenters. The van der Waals surface area contributed by atoms with Gasteiger partial charge >= 0.3 is 0 Å². The zero-order valence-corrected chi connectivity index (χ0v) is 16.0. The predicted molar refractivity (Wildman–Crippen MR) is 101 cm³/mol. The molecular weight excluding hydrogens is 360 g/mol. The van der Waals surface area contributed by atoms with E-state index in [1.54, 1.807) is 11.3 Å². The van der Waals surface area contributed by atoms with Crippen LogP contribution in [0.25, 0.3) is 10.7 Å². The van der Waals surface area contributed by atoms with Crippen LogP contribution in [0.3, 0.4) is 0 Å². The molecule has 6 nitrogen and oxygen atoms in total. The van der Waals surface area contributed by atoms with Gasteiger partial charge in [-0.15, -0.1) is 23.7 Å². The van der Waals surface area contributed by atoms with E-state index >= 15 is 0 Å². The van der Waals surface area contributed by atoms with Gasteiger partial charge in [-0.3, -0.25) is 4.79 Å². The molecule has 1 saturated heterocycles. The van der Waals surface area contributed by atoms with Gasteiger partial charge in [0.15, 0.2) is 0 Å². The second-order valence-corrected chi connectivity index (χ2v) is 7.37. The van der Waals surface area contributed by atoms with Crippen LogP contribution in [0.15, 0.2) is 22.0 Å². The Morgan fingerprint density at radius 2 is 2.24 bits per heavy atom. The van der Waals surface area contributed by atoms with Crippen molar-refractivity contribution < 1.29 is 9.32 Å². The number of nitrogens with two attached hydrogens (primary N) is 1. The highest BCUT2D eigenvalue weighted by Gasteiger charge is 2.24. The van der Waals surface area contributed by atoms with Crippen LogP contribution in [0.5, 0.6) is 0 Å². The van der Waals surface area contributed by atoms with Crippen LogP contribution in [0.2, 0.25) is 0 Å². The first-order valence-electron chi connectivity index (χ1n) is 8.53. The van der Waals surface area contributed by atoms with Crippen molar-refractivity contribution >= 4 is 29.7 Å². The summed E-state index contributed by atoms with van der Waals surface area (Å²) in [4.78, 5) is 19.6. The number of carbonyl (C=O) groups is 1. The molecule has 3 rings (SSSR count). The van der Waals surface area contributed by atoms with Gasteiger partial charge in [-0.05, 0) is 43.6 Å². The Kier molecular flexibility index (Phi) is 7.40. The summed E-state index contributed by atoms with van der Waals surface area (Å²) in [5.74, 6) is 1.99. The summed E-state index contributed by atoms with van der Waals surface area (Å²) in [6, 6.07) is 4.15. The molecule has 0 radical (unpaired) electrons. The van der Waals surface area contributed by atoms with Crippen LogP contribution >= 0.6 is 23.7 Å². The first-order valence-corrected chi connectivity index (χ1v) is 9.41. The van der Waals surface area contributed by atoms with E-state index in [2.05, 4.69) is 17.1 Å². The average Bonchev–Trinajstić information content (AvgIpc) is 3.26. The molecule has 0 aromatic carbocycles. The summed E-state index contributed by atoms with van der Waals surface area (Å²) in [5, 5.41) is 5.97. The molecular formula is C17H25ClN4O2S. The van der Waals surface area contributed by atoms with Crippen molar-refractivity contribution in [3.05, 3.63) is 23.4 Å². The first kappa shape index (κ1) is 19.9. The lowest BCUT2D eigenvalue weighted by Crippen LogP contribution is -2.42. The summed E-state index contributed by atoms with van der Waals surface area (Å²) < 4.78 is 5.26. The lowest BCUT2D eigenvalue weighted by molar-refractivity contribution is -0.132. The Morgan fingerprint density at radius 1 is 1.48 bits per heavy atom. The van der Waals surface area contributed by atoms with Gasteiger partial charge in [0.05, 0.1) is 4.88 Å². The lowest BCUT2D eigenvalue weighted by Gasteiger charge is -2.33. The minimum atomic E-state index is 0. The first-order chi connectivity index (χ1) is 11.6. The zero-order valence-electron chi connectivity index (χ0n) is 14.4. The van der Waals surface area contributed by atoms with Gasteiger partial charge in [0, 0.05) is 32.0 Å². The van der Waals surface area contributed by atoms with Crippen molar-refractivity contribution in [1.82, 2.24) is 15.0 Å². The summed E-state index contributed by atoms with van der Waals surface area (Å²) in [6.07, 6.45) is 3.92. The molecule has 8 heteroatoms. The van der Waals surface area contributed by atoms with Crippen molar-refractivity contribution in [2.45, 2.75) is 45.1 Å². The van der Waals surface area contributed by atoms with E-state index in [1.807, 2.05) is 22.4 Å². The second-order valence-electron chi connectivity index (χ2n) is 6.42. The standard InChI is InChI=1S/C17H24N4O2S.ClH/c1-12(18)13-7-9-21(10-8-13)16(22)6-2-5-15-19-17(20-23-15)14-4-3-11-24-14;/h3-4,11-13H,2,5-10,18H2,1H3;1H. The van der Waals surface area contributed by atoms with Crippen molar-refractivity contribution in [3.8, 4) is 10.7 Å². The van der Waals surface area contributed by atoms with Crippen molar-refractivity contribution in [3.63, 3.8) is 0 Å². The van der Waals surface area contributed by atoms with Crippen molar-refractivity contribution in [2.24, 2.45) is 11.7 Å². The van der Waals surface area contributed by atoms with E-state index in [9.17, 15) is 4.79 Å². The maximum absolute atomic E-state index is 12.3. The highest BCUT2D eigenvalue weighted by atomic mass is 35.5. The maximum atomic E-state index is 12.3. The van der Waals surface area contributed by atoms with E-state index in [4.69, 9.17) is 10.3 Å². The minimum absolute atomic E-state index is 0. The number of aryl methyl sites for hydroxylation is 1. The largest absolute Gasteiger partial charge is 0.343 e. The van der Waals surface area contributed by atoms with E-state index < -0.39 is 0 Å². The third kappa shape index (κ3) is 5.26. The van der Waals surface area contributed by atoms with Crippen LogP contribution < -0.4 is 5.73 Å². The summed E-state index contributed by atoms with van der Waals surface area (Å²) in [5.41, 5.74) is 5.94. The molecule has 1 fully saturated rings. The molecule has 1 aliphatic rings. The molecule has 3 heterocycles. The minimum Gasteiger partial charge on any atom is -0.343 e. The number of aromatic nitrogens is 2. The average molecular weight is 385 g/mol. The van der Waals surface area contributed by atoms with Crippen LogP contribution in [0.1, 0.15) is 38.5 Å². The molecule has 2 aromatic rings. The Bertz CT molecular complexity index is 651. The molecule has 0 aliphatic carbocycles. The van der Waals surface area contributed by atoms with Gasteiger partial charge in [0.1, 0.15) is 0 Å². The number of hydrogen-bond donors (Lipinski definition) is 1. The van der Waals surface area contributed by atoms with Crippen molar-refractivity contribution in [2.75, 3.05) is 13.1 Å². The normalized spacial score (nSPS) is 16.5. The Balaban J connectivity index is 0.00000225. The van der Waals surface area contributed by atoms with Crippen LogP contribution in [-0.2, 0) is 11.2 Å². The maximum Gasteiger partial charge on any atom is 0.226 e. The smallest absolute Gasteiger partial charge is 0.226 e. The SMILES string of the molecule is CC(N)C1CCN(C(=O)CCCc2nc(-c3cccs3)no2)CC1.Cl. The van der Waals surface area contributed by atoms with Crippen LogP contribution in [-0.4, -0.2) is 40.1 Å². The van der Waals surface area contributed by atoms with Crippen LogP contribution in [0, 0.1) is 5.92 Å². The van der Waals surface area contributed by atoms with Gasteiger partial charge < -0.3 is 15.2 Å². The molecule has 25 heavy (non-hydrogen) atoms. The summed E-state index contributed by atoms with van der Waals surface area (Å²) >= 11 is 1.58. The summed E-state index contributed by atoms with van der Waals surface area (Å²) in [7, 11) is 0. The number of likely N-dealkylation sites (tertiary alicyclic amines) is 1. The van der Waals surface area contributed by atoms with Gasteiger partial charge in [-0.1, -0.05) is 11.2 Å². The quantitative estimate of drug-likeness (QED) is 0.826. The Labute approximate surface area is 158 Å². The molecule has 2 aromatic heterocycles. The third-order valence-corrected chi connectivity index (χ3v) is 5.49. The van der Waals surface area contributed by atoms with E-state index in [-0.39, 0.29) is 24.4 Å². The number of rotatable bonds is 6. The number of hydrogen-bond acceptors (Lipinski definition) is 6. The number of piperidine rings is 1. The molecule has 1 amide bonds. The van der Waals surface area contributed by atoms with Gasteiger partial charge in [0.25, 0.3) is 0 Å². The highest BCUT2D eigenvalue weighted by molar-refractivity contribution is 7.13. The van der Waals surface area contributed by atoms with Gasteiger partial charge in [-0.2, -0.15) is 4.98 Å². The number of amides is 1.